The molecule has 54 heavy (non-hydrogen) atoms. The lowest BCUT2D eigenvalue weighted by atomic mass is 9.98. The van der Waals surface area contributed by atoms with Gasteiger partial charge < -0.3 is 29.5 Å². The Morgan fingerprint density at radius 2 is 1.54 bits per heavy atom. The molecule has 0 unspecified atom stereocenters. The fourth-order valence-corrected chi connectivity index (χ4v) is 7.42. The summed E-state index contributed by atoms with van der Waals surface area (Å²) in [6, 6.07) is 21.4. The van der Waals surface area contributed by atoms with Gasteiger partial charge in [0.05, 0.1) is 18.8 Å². The minimum Gasteiger partial charge on any atom is -0.459 e. The molecule has 0 bridgehead atoms. The minimum absolute atomic E-state index is 0.0577. The molecule has 6 rings (SSSR count). The van der Waals surface area contributed by atoms with Gasteiger partial charge in [0.2, 0.25) is 5.91 Å². The van der Waals surface area contributed by atoms with E-state index in [2.05, 4.69) is 10.2 Å². The number of nitrogens with one attached hydrogen (secondary N) is 1. The Labute approximate surface area is 313 Å². The maximum atomic E-state index is 13.1. The van der Waals surface area contributed by atoms with Crippen LogP contribution in [0, 0.1) is 0 Å². The van der Waals surface area contributed by atoms with Crippen molar-refractivity contribution in [3.8, 4) is 11.1 Å². The molecule has 3 fully saturated rings. The molecular weight excluding hydrogens is 703 g/mol. The molecule has 3 aromatic rings. The van der Waals surface area contributed by atoms with Crippen LogP contribution in [0.25, 0.3) is 11.1 Å². The predicted molar refractivity (Wildman–Crippen MR) is 193 cm³/mol. The fourth-order valence-electron chi connectivity index (χ4n) is 7.42. The van der Waals surface area contributed by atoms with Crippen LogP contribution in [0.3, 0.4) is 0 Å². The molecule has 5 atom stereocenters. The summed E-state index contributed by atoms with van der Waals surface area (Å²) in [6.07, 6.45) is -3.56. The molecule has 0 radical (unpaired) electrons. The van der Waals surface area contributed by atoms with E-state index >= 15 is 0 Å². The second kappa shape index (κ2) is 16.6. The summed E-state index contributed by atoms with van der Waals surface area (Å²) in [5.41, 5.74) is 4.51. The van der Waals surface area contributed by atoms with Gasteiger partial charge in [0.15, 0.2) is 6.29 Å². The average Bonchev–Trinajstić information content (AvgIpc) is 3.83. The predicted octanol–water partition coefficient (Wildman–Crippen LogP) is 6.37. The third kappa shape index (κ3) is 9.67. The molecule has 2 amide bonds. The van der Waals surface area contributed by atoms with E-state index in [0.717, 1.165) is 52.8 Å². The molecule has 0 aromatic heterocycles. The van der Waals surface area contributed by atoms with Crippen LogP contribution < -0.4 is 5.32 Å². The highest BCUT2D eigenvalue weighted by atomic mass is 19.4. The molecule has 2 N–H and O–H groups in total. The van der Waals surface area contributed by atoms with E-state index in [9.17, 15) is 32.7 Å². The van der Waals surface area contributed by atoms with Gasteiger partial charge in [-0.05, 0) is 86.9 Å². The van der Waals surface area contributed by atoms with Gasteiger partial charge >= 0.3 is 18.1 Å². The zero-order chi connectivity index (χ0) is 38.6. The number of likely N-dealkylation sites (tertiary alicyclic amines) is 2. The van der Waals surface area contributed by atoms with Crippen LogP contribution in [-0.2, 0) is 41.7 Å². The Hall–Kier alpha value is -4.30. The average molecular weight is 752 g/mol. The lowest BCUT2D eigenvalue weighted by Crippen LogP contribution is -2.50. The minimum atomic E-state index is -5.03. The van der Waals surface area contributed by atoms with Gasteiger partial charge in [0.1, 0.15) is 17.7 Å². The normalized spacial score (nSPS) is 23.7. The standard InChI is InChI=1S/C41H48F3N3O7/c1-40(2,3)54-37(50)34-10-5-19-46(34)24-32-22-35(29-13-11-26(25-48)12-14-29)53-38(52-32)30-17-15-28(16-18-30)31-8-4-7-27(21-31)23-45-36(49)33-9-6-20-47(33)39(51)41(42,43)44/h4,7-8,11-18,21,32-35,38,48H,5-6,9-10,19-20,22-25H2,1-3H3,(H,45,49)/t32-,33+,34+,35+,38+/m1/s1. The summed E-state index contributed by atoms with van der Waals surface area (Å²) in [4.78, 5) is 40.5. The van der Waals surface area contributed by atoms with E-state index in [4.69, 9.17) is 14.2 Å². The fraction of sp³-hybridized carbons (Fsp3) is 0.488. The SMILES string of the molecule is CC(C)(C)OC(=O)[C@@H]1CCCN1C[C@H]1C[C@@H](c2ccc(CO)cc2)O[C@@H](c2ccc(-c3cccc(CNC(=O)[C@@H]4CCCN4C(=O)C(F)(F)F)c3)cc2)O1. The summed E-state index contributed by atoms with van der Waals surface area (Å²) in [5.74, 6) is -2.83. The number of hydrogen-bond acceptors (Lipinski definition) is 8. The topological polar surface area (TPSA) is 118 Å². The van der Waals surface area contributed by atoms with Gasteiger partial charge in [-0.3, -0.25) is 19.3 Å². The van der Waals surface area contributed by atoms with Crippen LogP contribution in [0.1, 0.15) is 87.5 Å². The van der Waals surface area contributed by atoms with E-state index in [0.29, 0.717) is 24.3 Å². The first-order valence-corrected chi connectivity index (χ1v) is 18.5. The maximum Gasteiger partial charge on any atom is 0.471 e. The molecule has 3 saturated heterocycles. The molecule has 0 aliphatic carbocycles. The van der Waals surface area contributed by atoms with E-state index in [1.54, 1.807) is 0 Å². The summed E-state index contributed by atoms with van der Waals surface area (Å²) in [5, 5.41) is 12.3. The number of amides is 2. The van der Waals surface area contributed by atoms with Gasteiger partial charge in [-0.1, -0.05) is 66.7 Å². The smallest absolute Gasteiger partial charge is 0.459 e. The second-order valence-corrected chi connectivity index (χ2v) is 15.2. The first-order chi connectivity index (χ1) is 25.7. The highest BCUT2D eigenvalue weighted by molar-refractivity contribution is 5.90. The van der Waals surface area contributed by atoms with Gasteiger partial charge in [0.25, 0.3) is 0 Å². The first-order valence-electron chi connectivity index (χ1n) is 18.5. The number of aliphatic hydroxyl groups excluding tert-OH is 1. The van der Waals surface area contributed by atoms with Crippen molar-refractivity contribution >= 4 is 17.8 Å². The van der Waals surface area contributed by atoms with Crippen molar-refractivity contribution in [3.63, 3.8) is 0 Å². The number of carbonyl (C=O) groups excluding carboxylic acids is 3. The summed E-state index contributed by atoms with van der Waals surface area (Å²) >= 11 is 0. The molecule has 10 nitrogen and oxygen atoms in total. The van der Waals surface area contributed by atoms with Crippen molar-refractivity contribution in [2.24, 2.45) is 0 Å². The van der Waals surface area contributed by atoms with E-state index in [1.807, 2.05) is 93.6 Å². The van der Waals surface area contributed by atoms with Gasteiger partial charge in [-0.15, -0.1) is 0 Å². The van der Waals surface area contributed by atoms with E-state index in [1.165, 1.54) is 0 Å². The van der Waals surface area contributed by atoms with Crippen LogP contribution >= 0.6 is 0 Å². The first kappa shape index (κ1) is 39.4. The van der Waals surface area contributed by atoms with Gasteiger partial charge in [-0.2, -0.15) is 13.2 Å². The largest absolute Gasteiger partial charge is 0.471 e. The Bertz CT molecular complexity index is 1780. The Balaban J connectivity index is 1.14. The van der Waals surface area contributed by atoms with E-state index in [-0.39, 0.29) is 50.3 Å². The summed E-state index contributed by atoms with van der Waals surface area (Å²) in [6.45, 7) is 6.83. The molecule has 3 aliphatic heterocycles. The summed E-state index contributed by atoms with van der Waals surface area (Å²) in [7, 11) is 0. The number of benzene rings is 3. The molecule has 3 heterocycles. The highest BCUT2D eigenvalue weighted by Crippen LogP contribution is 2.39. The molecule has 0 saturated carbocycles. The summed E-state index contributed by atoms with van der Waals surface area (Å²) < 4.78 is 58.0. The maximum absolute atomic E-state index is 13.1. The van der Waals surface area contributed by atoms with Crippen molar-refractivity contribution in [3.05, 3.63) is 95.1 Å². The molecule has 0 spiro atoms. The second-order valence-electron chi connectivity index (χ2n) is 15.2. The van der Waals surface area contributed by atoms with Crippen molar-refractivity contribution in [1.29, 1.82) is 0 Å². The number of hydrogen-bond donors (Lipinski definition) is 2. The molecule has 3 aliphatic rings. The van der Waals surface area contributed by atoms with Crippen LogP contribution in [0.4, 0.5) is 13.2 Å². The number of aliphatic hydroxyl groups is 1. The van der Waals surface area contributed by atoms with Crippen LogP contribution in [-0.4, -0.2) is 82.3 Å². The number of alkyl halides is 3. The van der Waals surface area contributed by atoms with Gasteiger partial charge in [-0.25, -0.2) is 0 Å². The van der Waals surface area contributed by atoms with Crippen LogP contribution in [0.5, 0.6) is 0 Å². The molecule has 290 valence electrons. The Kier molecular flexibility index (Phi) is 12.1. The third-order valence-electron chi connectivity index (χ3n) is 10.1. The molecule has 13 heteroatoms. The quantitative estimate of drug-likeness (QED) is 0.230. The van der Waals surface area contributed by atoms with Crippen molar-refractivity contribution in [1.82, 2.24) is 15.1 Å². The lowest BCUT2D eigenvalue weighted by Gasteiger charge is -2.38. The number of carbonyl (C=O) groups is 3. The molecular formula is C41H48F3N3O7. The van der Waals surface area contributed by atoms with Gasteiger partial charge in [0, 0.05) is 31.6 Å². The number of rotatable bonds is 10. The number of nitrogens with zero attached hydrogens (tertiary/aromatic N) is 2. The zero-order valence-corrected chi connectivity index (χ0v) is 30.8. The third-order valence-corrected chi connectivity index (χ3v) is 10.1. The Morgan fingerprint density at radius 1 is 0.852 bits per heavy atom. The number of halogens is 3. The number of esters is 1. The van der Waals surface area contributed by atoms with Crippen molar-refractivity contribution in [2.45, 2.75) is 108 Å². The van der Waals surface area contributed by atoms with Crippen molar-refractivity contribution in [2.75, 3.05) is 19.6 Å². The van der Waals surface area contributed by atoms with Crippen LogP contribution in [0.2, 0.25) is 0 Å². The van der Waals surface area contributed by atoms with Crippen LogP contribution in [0.15, 0.2) is 72.8 Å². The lowest BCUT2D eigenvalue weighted by molar-refractivity contribution is -0.253. The molecule has 3 aromatic carbocycles. The van der Waals surface area contributed by atoms with Crippen molar-refractivity contribution < 1.29 is 46.9 Å². The zero-order valence-electron chi connectivity index (χ0n) is 30.8. The monoisotopic (exact) mass is 751 g/mol. The Morgan fingerprint density at radius 3 is 2.22 bits per heavy atom. The highest BCUT2D eigenvalue weighted by Gasteiger charge is 2.47. The van der Waals surface area contributed by atoms with E-state index < -0.39 is 35.9 Å². The number of ether oxygens (including phenoxy) is 3.